The van der Waals surface area contributed by atoms with E-state index in [1.54, 1.807) is 22.7 Å². The van der Waals surface area contributed by atoms with Gasteiger partial charge in [-0.05, 0) is 23.6 Å². The Hall–Kier alpha value is -2.25. The largest absolute Gasteiger partial charge is 0.360 e. The van der Waals surface area contributed by atoms with Crippen LogP contribution in [0.3, 0.4) is 0 Å². The quantitative estimate of drug-likeness (QED) is 0.609. The highest BCUT2D eigenvalue weighted by molar-refractivity contribution is 7.20. The second kappa shape index (κ2) is 5.86. The van der Waals surface area contributed by atoms with Gasteiger partial charge in [0.25, 0.3) is 0 Å². The highest BCUT2D eigenvalue weighted by atomic mass is 32.1. The molecule has 0 saturated heterocycles. The number of pyridine rings is 1. The van der Waals surface area contributed by atoms with Gasteiger partial charge in [0.15, 0.2) is 0 Å². The zero-order valence-electron chi connectivity index (χ0n) is 11.6. The van der Waals surface area contributed by atoms with Crippen LogP contribution in [0.1, 0.15) is 5.69 Å². The van der Waals surface area contributed by atoms with Crippen LogP contribution in [0.15, 0.2) is 47.4 Å². The Labute approximate surface area is 135 Å². The number of hydrogen-bond donors (Lipinski definition) is 1. The molecule has 1 N–H and O–H groups in total. The van der Waals surface area contributed by atoms with E-state index in [0.29, 0.717) is 0 Å². The summed E-state index contributed by atoms with van der Waals surface area (Å²) < 4.78 is 1.83. The van der Waals surface area contributed by atoms with Gasteiger partial charge in [0.2, 0.25) is 10.1 Å². The van der Waals surface area contributed by atoms with Crippen LogP contribution in [0.2, 0.25) is 0 Å². The molecule has 0 spiro atoms. The van der Waals surface area contributed by atoms with E-state index in [1.165, 1.54) is 0 Å². The van der Waals surface area contributed by atoms with Crippen molar-refractivity contribution in [3.8, 4) is 11.3 Å². The third-order valence-corrected chi connectivity index (χ3v) is 4.81. The molecule has 0 amide bonds. The third-order valence-electron chi connectivity index (χ3n) is 3.24. The van der Waals surface area contributed by atoms with Crippen molar-refractivity contribution in [1.29, 1.82) is 0 Å². The first-order chi connectivity index (χ1) is 10.9. The molecule has 4 aromatic heterocycles. The lowest BCUT2D eigenvalue weighted by Gasteiger charge is -2.01. The molecule has 0 aromatic carbocycles. The fourth-order valence-electron chi connectivity index (χ4n) is 2.16. The Morgan fingerprint density at radius 3 is 3.00 bits per heavy atom. The molecule has 0 aliphatic heterocycles. The molecule has 0 atom stereocenters. The highest BCUT2D eigenvalue weighted by Crippen LogP contribution is 2.25. The molecular weight excluding hydrogens is 314 g/mol. The highest BCUT2D eigenvalue weighted by Gasteiger charge is 2.09. The molecule has 5 nitrogen and oxygen atoms in total. The predicted octanol–water partition coefficient (Wildman–Crippen LogP) is 3.57. The molecule has 4 rings (SSSR count). The normalized spacial score (nSPS) is 11.1. The lowest BCUT2D eigenvalue weighted by Crippen LogP contribution is -2.05. The Bertz CT molecular complexity index is 833. The summed E-state index contributed by atoms with van der Waals surface area (Å²) in [5.74, 6) is 0. The van der Waals surface area contributed by atoms with E-state index >= 15 is 0 Å². The zero-order chi connectivity index (χ0) is 14.8. The molecule has 4 heterocycles. The van der Waals surface area contributed by atoms with Crippen molar-refractivity contribution < 1.29 is 0 Å². The minimum Gasteiger partial charge on any atom is -0.360 e. The van der Waals surface area contributed by atoms with Gasteiger partial charge in [-0.15, -0.1) is 5.10 Å². The van der Waals surface area contributed by atoms with E-state index in [4.69, 9.17) is 0 Å². The standard InChI is InChI=1S/C15H13N5S2/c1-2-6-16-12(3-1)4-7-17-14-19-20-9-13(18-15(20)22-14)11-5-8-21-10-11/h1-3,5-6,8-10H,4,7H2,(H,17,19). The van der Waals surface area contributed by atoms with Crippen LogP contribution in [0, 0.1) is 0 Å². The first kappa shape index (κ1) is 13.4. The first-order valence-corrected chi connectivity index (χ1v) is 8.67. The molecule has 110 valence electrons. The number of imidazole rings is 1. The van der Waals surface area contributed by atoms with Gasteiger partial charge < -0.3 is 5.32 Å². The van der Waals surface area contributed by atoms with E-state index < -0.39 is 0 Å². The number of fused-ring (bicyclic) bond motifs is 1. The fraction of sp³-hybridized carbons (Fsp3) is 0.133. The van der Waals surface area contributed by atoms with Crippen molar-refractivity contribution in [3.63, 3.8) is 0 Å². The Morgan fingerprint density at radius 1 is 1.23 bits per heavy atom. The summed E-state index contributed by atoms with van der Waals surface area (Å²) in [6.07, 6.45) is 4.67. The van der Waals surface area contributed by atoms with Crippen LogP contribution in [0.25, 0.3) is 16.2 Å². The number of rotatable bonds is 5. The minimum atomic E-state index is 0.811. The molecule has 0 fully saturated rings. The van der Waals surface area contributed by atoms with Crippen molar-refractivity contribution in [1.82, 2.24) is 19.6 Å². The van der Waals surface area contributed by atoms with Crippen molar-refractivity contribution in [2.45, 2.75) is 6.42 Å². The molecule has 22 heavy (non-hydrogen) atoms. The maximum atomic E-state index is 4.62. The molecule has 0 bridgehead atoms. The van der Waals surface area contributed by atoms with E-state index in [9.17, 15) is 0 Å². The lowest BCUT2D eigenvalue weighted by atomic mass is 10.3. The summed E-state index contributed by atoms with van der Waals surface area (Å²) in [7, 11) is 0. The van der Waals surface area contributed by atoms with Gasteiger partial charge in [-0.2, -0.15) is 11.3 Å². The van der Waals surface area contributed by atoms with Gasteiger partial charge in [-0.25, -0.2) is 9.50 Å². The molecular formula is C15H13N5S2. The van der Waals surface area contributed by atoms with Crippen LogP contribution in [-0.2, 0) is 6.42 Å². The number of nitrogens with one attached hydrogen (secondary N) is 1. The number of thiophene rings is 1. The van der Waals surface area contributed by atoms with Crippen LogP contribution in [0.5, 0.6) is 0 Å². The number of hydrogen-bond acceptors (Lipinski definition) is 6. The smallest absolute Gasteiger partial charge is 0.214 e. The van der Waals surface area contributed by atoms with Crippen molar-refractivity contribution in [3.05, 3.63) is 53.1 Å². The number of nitrogens with zero attached hydrogens (tertiary/aromatic N) is 4. The van der Waals surface area contributed by atoms with Crippen LogP contribution in [0.4, 0.5) is 5.13 Å². The molecule has 7 heteroatoms. The maximum Gasteiger partial charge on any atom is 0.214 e. The lowest BCUT2D eigenvalue weighted by molar-refractivity contribution is 0.929. The molecule has 0 radical (unpaired) electrons. The summed E-state index contributed by atoms with van der Waals surface area (Å²) >= 11 is 3.24. The van der Waals surface area contributed by atoms with Crippen LogP contribution in [-0.4, -0.2) is 26.1 Å². The SMILES string of the molecule is c1ccc(CCNc2nn3cc(-c4ccsc4)nc3s2)nc1. The average molecular weight is 327 g/mol. The van der Waals surface area contributed by atoms with Crippen LogP contribution >= 0.6 is 22.7 Å². The number of aromatic nitrogens is 4. The summed E-state index contributed by atoms with van der Waals surface area (Å²) in [4.78, 5) is 9.83. The maximum absolute atomic E-state index is 4.62. The monoisotopic (exact) mass is 327 g/mol. The summed E-state index contributed by atoms with van der Waals surface area (Å²) in [6, 6.07) is 8.04. The molecule has 0 unspecified atom stereocenters. The molecule has 0 aliphatic carbocycles. The second-order valence-corrected chi connectivity index (χ2v) is 6.51. The van der Waals surface area contributed by atoms with Gasteiger partial charge in [0.05, 0.1) is 11.9 Å². The fourth-order valence-corrected chi connectivity index (χ4v) is 3.62. The van der Waals surface area contributed by atoms with Crippen LogP contribution < -0.4 is 5.32 Å². The van der Waals surface area contributed by atoms with Gasteiger partial charge >= 0.3 is 0 Å². The Balaban J connectivity index is 1.44. The zero-order valence-corrected chi connectivity index (χ0v) is 13.3. The van der Waals surface area contributed by atoms with Gasteiger partial charge in [0, 0.05) is 35.8 Å². The van der Waals surface area contributed by atoms with Gasteiger partial charge in [0.1, 0.15) is 0 Å². The topological polar surface area (TPSA) is 55.1 Å². The third kappa shape index (κ3) is 2.72. The first-order valence-electron chi connectivity index (χ1n) is 6.91. The van der Waals surface area contributed by atoms with Gasteiger partial charge in [-0.1, -0.05) is 17.4 Å². The minimum absolute atomic E-state index is 0.811. The Morgan fingerprint density at radius 2 is 2.23 bits per heavy atom. The van der Waals surface area contributed by atoms with Gasteiger partial charge in [-0.3, -0.25) is 4.98 Å². The summed E-state index contributed by atoms with van der Waals surface area (Å²) in [5.41, 5.74) is 3.20. The molecule has 4 aromatic rings. The van der Waals surface area contributed by atoms with E-state index in [1.807, 2.05) is 35.1 Å². The summed E-state index contributed by atoms with van der Waals surface area (Å²) in [5, 5.41) is 12.9. The van der Waals surface area contributed by atoms with Crippen molar-refractivity contribution in [2.24, 2.45) is 0 Å². The Kier molecular flexibility index (Phi) is 3.57. The van der Waals surface area contributed by atoms with E-state index in [-0.39, 0.29) is 0 Å². The summed E-state index contributed by atoms with van der Waals surface area (Å²) in [6.45, 7) is 0.811. The van der Waals surface area contributed by atoms with E-state index in [0.717, 1.165) is 40.0 Å². The average Bonchev–Trinajstić information content (AvgIpc) is 3.23. The molecule has 0 aliphatic rings. The van der Waals surface area contributed by atoms with Crippen molar-refractivity contribution in [2.75, 3.05) is 11.9 Å². The predicted molar refractivity (Wildman–Crippen MR) is 90.6 cm³/mol. The number of anilines is 1. The van der Waals surface area contributed by atoms with Crippen molar-refractivity contribution >= 4 is 32.8 Å². The second-order valence-electron chi connectivity index (χ2n) is 4.77. The van der Waals surface area contributed by atoms with E-state index in [2.05, 4.69) is 37.2 Å². The molecule has 0 saturated carbocycles.